The molecule has 0 unspecified atom stereocenters. The lowest BCUT2D eigenvalue weighted by molar-refractivity contribution is 0.415. The predicted octanol–water partition coefficient (Wildman–Crippen LogP) is 4.07. The fraction of sp³-hybridized carbons (Fsp3) is 0.0625. The maximum Gasteiger partial charge on any atom is 0.206 e. The fourth-order valence-electron chi connectivity index (χ4n) is 2.05. The number of halogens is 1. The van der Waals surface area contributed by atoms with E-state index in [0.29, 0.717) is 20.3 Å². The number of ether oxygens (including phenoxy) is 1. The van der Waals surface area contributed by atoms with Crippen LogP contribution in [-0.4, -0.2) is 7.11 Å². The van der Waals surface area contributed by atoms with Crippen LogP contribution in [0.3, 0.4) is 0 Å². The molecule has 1 heterocycles. The third-order valence-electron chi connectivity index (χ3n) is 3.09. The van der Waals surface area contributed by atoms with Gasteiger partial charge in [-0.3, -0.25) is 4.79 Å². The second-order valence-electron chi connectivity index (χ2n) is 4.30. The number of methoxy groups -OCH3 is 1. The van der Waals surface area contributed by atoms with Crippen molar-refractivity contribution in [2.45, 2.75) is 0 Å². The molecular formula is C16H11IO3. The lowest BCUT2D eigenvalue weighted by atomic mass is 10.1. The summed E-state index contributed by atoms with van der Waals surface area (Å²) in [6.07, 6.45) is 0. The first-order chi connectivity index (χ1) is 9.70. The Morgan fingerprint density at radius 1 is 1.05 bits per heavy atom. The molecular weight excluding hydrogens is 367 g/mol. The van der Waals surface area contributed by atoms with Gasteiger partial charge in [-0.15, -0.1) is 0 Å². The van der Waals surface area contributed by atoms with Gasteiger partial charge in [-0.2, -0.15) is 0 Å². The topological polar surface area (TPSA) is 39.4 Å². The van der Waals surface area contributed by atoms with E-state index in [4.69, 9.17) is 9.15 Å². The van der Waals surface area contributed by atoms with Crippen molar-refractivity contribution >= 4 is 33.6 Å². The van der Waals surface area contributed by atoms with E-state index in [2.05, 4.69) is 0 Å². The molecule has 0 N–H and O–H groups in total. The van der Waals surface area contributed by atoms with Crippen LogP contribution in [-0.2, 0) is 0 Å². The first kappa shape index (κ1) is 13.2. The van der Waals surface area contributed by atoms with E-state index in [9.17, 15) is 4.79 Å². The van der Waals surface area contributed by atoms with E-state index in [-0.39, 0.29) is 5.43 Å². The number of hydrogen-bond acceptors (Lipinski definition) is 3. The summed E-state index contributed by atoms with van der Waals surface area (Å²) in [5, 5.41) is 0.606. The van der Waals surface area contributed by atoms with E-state index < -0.39 is 0 Å². The highest BCUT2D eigenvalue weighted by atomic mass is 127. The summed E-state index contributed by atoms with van der Waals surface area (Å²) < 4.78 is 11.6. The van der Waals surface area contributed by atoms with Crippen molar-refractivity contribution in [1.82, 2.24) is 0 Å². The summed E-state index contributed by atoms with van der Waals surface area (Å²) in [4.78, 5) is 12.4. The highest BCUT2D eigenvalue weighted by Gasteiger charge is 2.13. The number of benzene rings is 2. The summed E-state index contributed by atoms with van der Waals surface area (Å²) in [6, 6.07) is 14.7. The van der Waals surface area contributed by atoms with E-state index in [1.807, 2.05) is 59.0 Å². The Morgan fingerprint density at radius 2 is 1.75 bits per heavy atom. The molecule has 0 aliphatic rings. The molecule has 4 heteroatoms. The molecule has 0 aliphatic heterocycles. The normalized spacial score (nSPS) is 10.7. The maximum atomic E-state index is 12.4. The molecule has 2 aromatic carbocycles. The smallest absolute Gasteiger partial charge is 0.206 e. The van der Waals surface area contributed by atoms with Gasteiger partial charge >= 0.3 is 0 Å². The Morgan fingerprint density at radius 3 is 2.45 bits per heavy atom. The molecule has 0 saturated heterocycles. The SMILES string of the molecule is COc1ccc(-c2oc3ccccc3c(=O)c2I)cc1. The molecule has 0 fully saturated rings. The van der Waals surface area contributed by atoms with Crippen LogP contribution >= 0.6 is 22.6 Å². The van der Waals surface area contributed by atoms with Crippen molar-refractivity contribution in [1.29, 1.82) is 0 Å². The van der Waals surface area contributed by atoms with Crippen LogP contribution in [0.1, 0.15) is 0 Å². The van der Waals surface area contributed by atoms with E-state index in [0.717, 1.165) is 11.3 Å². The monoisotopic (exact) mass is 378 g/mol. The molecule has 0 aliphatic carbocycles. The zero-order chi connectivity index (χ0) is 14.1. The van der Waals surface area contributed by atoms with Crippen molar-refractivity contribution in [3.05, 3.63) is 62.3 Å². The van der Waals surface area contributed by atoms with Gasteiger partial charge in [-0.05, 0) is 59.0 Å². The molecule has 1 aromatic heterocycles. The fourth-order valence-corrected chi connectivity index (χ4v) is 2.76. The van der Waals surface area contributed by atoms with Crippen LogP contribution in [0.5, 0.6) is 5.75 Å². The molecule has 0 radical (unpaired) electrons. The van der Waals surface area contributed by atoms with Crippen molar-refractivity contribution in [2.24, 2.45) is 0 Å². The first-order valence-corrected chi connectivity index (χ1v) is 7.14. The van der Waals surface area contributed by atoms with E-state index in [1.54, 1.807) is 19.2 Å². The summed E-state index contributed by atoms with van der Waals surface area (Å²) >= 11 is 2.04. The molecule has 3 rings (SSSR count). The van der Waals surface area contributed by atoms with Gasteiger partial charge in [-0.1, -0.05) is 12.1 Å². The Hall–Kier alpha value is -1.82. The Kier molecular flexibility index (Phi) is 3.48. The molecule has 0 atom stereocenters. The number of rotatable bonds is 2. The largest absolute Gasteiger partial charge is 0.497 e. The van der Waals surface area contributed by atoms with E-state index >= 15 is 0 Å². The standard InChI is InChI=1S/C16H11IO3/c1-19-11-8-6-10(7-9-11)16-14(17)15(18)12-4-2-3-5-13(12)20-16/h2-9H,1H3. The van der Waals surface area contributed by atoms with Crippen LogP contribution in [0.2, 0.25) is 0 Å². The van der Waals surface area contributed by atoms with Crippen LogP contribution in [0, 0.1) is 3.57 Å². The molecule has 3 nitrogen and oxygen atoms in total. The minimum atomic E-state index is -0.00160. The molecule has 20 heavy (non-hydrogen) atoms. The molecule has 0 amide bonds. The van der Waals surface area contributed by atoms with Gasteiger partial charge in [-0.25, -0.2) is 0 Å². The van der Waals surface area contributed by atoms with Crippen molar-refractivity contribution in [3.8, 4) is 17.1 Å². The highest BCUT2D eigenvalue weighted by molar-refractivity contribution is 14.1. The van der Waals surface area contributed by atoms with Gasteiger partial charge in [0, 0.05) is 5.56 Å². The van der Waals surface area contributed by atoms with Crippen molar-refractivity contribution in [3.63, 3.8) is 0 Å². The highest BCUT2D eigenvalue weighted by Crippen LogP contribution is 2.28. The third-order valence-corrected chi connectivity index (χ3v) is 4.07. The average molecular weight is 378 g/mol. The van der Waals surface area contributed by atoms with E-state index in [1.165, 1.54) is 0 Å². The van der Waals surface area contributed by atoms with Gasteiger partial charge < -0.3 is 9.15 Å². The van der Waals surface area contributed by atoms with Crippen LogP contribution in [0.25, 0.3) is 22.3 Å². The number of hydrogen-bond donors (Lipinski definition) is 0. The zero-order valence-electron chi connectivity index (χ0n) is 10.7. The summed E-state index contributed by atoms with van der Waals surface area (Å²) in [6.45, 7) is 0. The molecule has 0 bridgehead atoms. The third kappa shape index (κ3) is 2.20. The summed E-state index contributed by atoms with van der Waals surface area (Å²) in [5.74, 6) is 1.36. The lowest BCUT2D eigenvalue weighted by Crippen LogP contribution is -2.07. The van der Waals surface area contributed by atoms with Gasteiger partial charge in [0.2, 0.25) is 5.43 Å². The summed E-state index contributed by atoms with van der Waals surface area (Å²) in [7, 11) is 1.62. The number of fused-ring (bicyclic) bond motifs is 1. The van der Waals surface area contributed by atoms with Gasteiger partial charge in [0.1, 0.15) is 14.9 Å². The number of para-hydroxylation sites is 1. The maximum absolute atomic E-state index is 12.4. The second-order valence-corrected chi connectivity index (χ2v) is 5.38. The van der Waals surface area contributed by atoms with Gasteiger partial charge in [0.15, 0.2) is 5.76 Å². The van der Waals surface area contributed by atoms with Gasteiger partial charge in [0.05, 0.1) is 12.5 Å². The summed E-state index contributed by atoms with van der Waals surface area (Å²) in [5.41, 5.74) is 1.46. The predicted molar refractivity (Wildman–Crippen MR) is 87.2 cm³/mol. The molecule has 3 aromatic rings. The Balaban J connectivity index is 2.25. The average Bonchev–Trinajstić information content (AvgIpc) is 2.51. The quantitative estimate of drug-likeness (QED) is 0.631. The van der Waals surface area contributed by atoms with Crippen LogP contribution < -0.4 is 10.2 Å². The Labute approximate surface area is 129 Å². The zero-order valence-corrected chi connectivity index (χ0v) is 12.9. The van der Waals surface area contributed by atoms with Gasteiger partial charge in [0.25, 0.3) is 0 Å². The van der Waals surface area contributed by atoms with Crippen LogP contribution in [0.15, 0.2) is 57.7 Å². The minimum absolute atomic E-state index is 0.00160. The minimum Gasteiger partial charge on any atom is -0.497 e. The lowest BCUT2D eigenvalue weighted by Gasteiger charge is -2.06. The second kappa shape index (κ2) is 5.28. The molecule has 0 saturated carbocycles. The van der Waals surface area contributed by atoms with Crippen molar-refractivity contribution in [2.75, 3.05) is 7.11 Å². The van der Waals surface area contributed by atoms with Crippen molar-refractivity contribution < 1.29 is 9.15 Å². The first-order valence-electron chi connectivity index (χ1n) is 6.06. The molecule has 100 valence electrons. The Bertz CT molecular complexity index is 819. The molecule has 0 spiro atoms. The van der Waals surface area contributed by atoms with Crippen LogP contribution in [0.4, 0.5) is 0 Å².